The van der Waals surface area contributed by atoms with Crippen molar-refractivity contribution < 1.29 is 9.59 Å². The van der Waals surface area contributed by atoms with Crippen LogP contribution in [0.1, 0.15) is 18.2 Å². The van der Waals surface area contributed by atoms with Crippen molar-refractivity contribution in [2.24, 2.45) is 0 Å². The second-order valence-corrected chi connectivity index (χ2v) is 9.09. The van der Waals surface area contributed by atoms with Crippen LogP contribution in [0.5, 0.6) is 0 Å². The Labute approximate surface area is 202 Å². The Morgan fingerprint density at radius 2 is 1.47 bits per heavy atom. The fourth-order valence-electron chi connectivity index (χ4n) is 4.62. The lowest BCUT2D eigenvalue weighted by Crippen LogP contribution is -2.54. The van der Waals surface area contributed by atoms with Crippen molar-refractivity contribution in [2.75, 3.05) is 70.8 Å². The summed E-state index contributed by atoms with van der Waals surface area (Å²) >= 11 is 0. The molecule has 1 N–H and O–H groups in total. The molecular weight excluding hydrogens is 428 g/mol. The molecule has 0 saturated carbocycles. The molecule has 0 radical (unpaired) electrons. The SMILES string of the molecule is CCc1ccccc1NC(=O)CN1CCN(C(=O)CN2CCN(Cc3ccccn3)CC2)CC1. The van der Waals surface area contributed by atoms with E-state index in [9.17, 15) is 9.59 Å². The smallest absolute Gasteiger partial charge is 0.238 e. The van der Waals surface area contributed by atoms with Crippen LogP contribution in [0.2, 0.25) is 0 Å². The lowest BCUT2D eigenvalue weighted by atomic mass is 10.1. The van der Waals surface area contributed by atoms with Crippen molar-refractivity contribution in [2.45, 2.75) is 19.9 Å². The normalized spacial score (nSPS) is 18.1. The van der Waals surface area contributed by atoms with E-state index in [1.165, 1.54) is 0 Å². The van der Waals surface area contributed by atoms with Crippen molar-refractivity contribution in [1.29, 1.82) is 0 Å². The zero-order valence-electron chi connectivity index (χ0n) is 20.2. The van der Waals surface area contributed by atoms with Gasteiger partial charge >= 0.3 is 0 Å². The quantitative estimate of drug-likeness (QED) is 0.639. The van der Waals surface area contributed by atoms with E-state index in [0.29, 0.717) is 26.2 Å². The predicted molar refractivity (Wildman–Crippen MR) is 133 cm³/mol. The number of benzene rings is 1. The highest BCUT2D eigenvalue weighted by Crippen LogP contribution is 2.15. The van der Waals surface area contributed by atoms with Gasteiger partial charge in [0.05, 0.1) is 18.8 Å². The lowest BCUT2D eigenvalue weighted by Gasteiger charge is -2.37. The van der Waals surface area contributed by atoms with Gasteiger partial charge < -0.3 is 10.2 Å². The molecule has 2 aromatic rings. The van der Waals surface area contributed by atoms with E-state index < -0.39 is 0 Å². The number of carbonyl (C=O) groups excluding carboxylic acids is 2. The highest BCUT2D eigenvalue weighted by atomic mass is 16.2. The number of rotatable bonds is 8. The summed E-state index contributed by atoms with van der Waals surface area (Å²) < 4.78 is 0. The van der Waals surface area contributed by atoms with E-state index in [0.717, 1.165) is 69.2 Å². The number of nitrogens with one attached hydrogen (secondary N) is 1. The Morgan fingerprint density at radius 3 is 2.18 bits per heavy atom. The van der Waals surface area contributed by atoms with Crippen LogP contribution in [-0.2, 0) is 22.6 Å². The van der Waals surface area contributed by atoms with Gasteiger partial charge in [-0.3, -0.25) is 29.3 Å². The van der Waals surface area contributed by atoms with Gasteiger partial charge in [-0.1, -0.05) is 31.2 Å². The molecule has 182 valence electrons. The number of amides is 2. The van der Waals surface area contributed by atoms with Gasteiger partial charge in [0.2, 0.25) is 11.8 Å². The molecule has 3 heterocycles. The number of pyridine rings is 1. The Balaban J connectivity index is 1.15. The molecule has 1 aromatic carbocycles. The molecule has 0 unspecified atom stereocenters. The van der Waals surface area contributed by atoms with E-state index in [4.69, 9.17) is 0 Å². The van der Waals surface area contributed by atoms with Gasteiger partial charge in [0.25, 0.3) is 0 Å². The standard InChI is InChI=1S/C26H36N6O2/c1-2-22-7-3-4-9-24(22)28-25(33)20-30-15-17-32(18-16-30)26(34)21-31-13-11-29(12-14-31)19-23-8-5-6-10-27-23/h3-10H,2,11-21H2,1H3,(H,28,33). The van der Waals surface area contributed by atoms with Crippen molar-refractivity contribution >= 4 is 17.5 Å². The molecule has 0 aliphatic carbocycles. The largest absolute Gasteiger partial charge is 0.339 e. The molecule has 2 amide bonds. The minimum absolute atomic E-state index is 0.00394. The van der Waals surface area contributed by atoms with Crippen LogP contribution in [0, 0.1) is 0 Å². The molecule has 8 nitrogen and oxygen atoms in total. The number of carbonyl (C=O) groups is 2. The third-order valence-corrected chi connectivity index (χ3v) is 6.70. The van der Waals surface area contributed by atoms with Crippen molar-refractivity contribution in [3.05, 3.63) is 59.9 Å². The second kappa shape index (κ2) is 12.1. The predicted octanol–water partition coefficient (Wildman–Crippen LogP) is 1.54. The van der Waals surface area contributed by atoms with Gasteiger partial charge in [-0.05, 0) is 30.2 Å². The number of piperazine rings is 2. The van der Waals surface area contributed by atoms with E-state index in [-0.39, 0.29) is 11.8 Å². The zero-order valence-corrected chi connectivity index (χ0v) is 20.2. The first kappa shape index (κ1) is 24.3. The monoisotopic (exact) mass is 464 g/mol. The van der Waals surface area contributed by atoms with Crippen LogP contribution in [0.3, 0.4) is 0 Å². The van der Waals surface area contributed by atoms with Gasteiger partial charge in [-0.15, -0.1) is 0 Å². The maximum absolute atomic E-state index is 12.8. The van der Waals surface area contributed by atoms with Crippen molar-refractivity contribution in [3.8, 4) is 0 Å². The first-order valence-electron chi connectivity index (χ1n) is 12.3. The molecule has 2 aliphatic rings. The summed E-state index contributed by atoms with van der Waals surface area (Å²) in [7, 11) is 0. The number of nitrogens with zero attached hydrogens (tertiary/aromatic N) is 5. The molecular formula is C26H36N6O2. The maximum atomic E-state index is 12.8. The average Bonchev–Trinajstić information content (AvgIpc) is 2.86. The Morgan fingerprint density at radius 1 is 0.824 bits per heavy atom. The number of anilines is 1. The summed E-state index contributed by atoms with van der Waals surface area (Å²) in [5.41, 5.74) is 3.13. The minimum atomic E-state index is 0.00394. The summed E-state index contributed by atoms with van der Waals surface area (Å²) in [4.78, 5) is 38.5. The highest BCUT2D eigenvalue weighted by molar-refractivity contribution is 5.93. The summed E-state index contributed by atoms with van der Waals surface area (Å²) in [6, 6.07) is 13.9. The third-order valence-electron chi connectivity index (χ3n) is 6.70. The minimum Gasteiger partial charge on any atom is -0.339 e. The summed E-state index contributed by atoms with van der Waals surface area (Å²) in [6.45, 7) is 10.3. The van der Waals surface area contributed by atoms with Gasteiger partial charge in [0, 0.05) is 70.8 Å². The number of aryl methyl sites for hydroxylation is 1. The molecule has 2 saturated heterocycles. The van der Waals surface area contributed by atoms with Gasteiger partial charge in [0.15, 0.2) is 0 Å². The number of para-hydroxylation sites is 1. The van der Waals surface area contributed by atoms with Crippen LogP contribution in [0.25, 0.3) is 0 Å². The Bertz CT molecular complexity index is 937. The second-order valence-electron chi connectivity index (χ2n) is 9.09. The average molecular weight is 465 g/mol. The molecule has 8 heteroatoms. The first-order chi connectivity index (χ1) is 16.6. The van der Waals surface area contributed by atoms with Crippen LogP contribution >= 0.6 is 0 Å². The fraction of sp³-hybridized carbons (Fsp3) is 0.500. The van der Waals surface area contributed by atoms with E-state index >= 15 is 0 Å². The van der Waals surface area contributed by atoms with E-state index in [2.05, 4.69) is 38.0 Å². The molecule has 4 rings (SSSR count). The molecule has 0 spiro atoms. The van der Waals surface area contributed by atoms with Crippen LogP contribution in [0.15, 0.2) is 48.7 Å². The number of aromatic nitrogens is 1. The van der Waals surface area contributed by atoms with Crippen LogP contribution < -0.4 is 5.32 Å². The van der Waals surface area contributed by atoms with Gasteiger partial charge in [-0.2, -0.15) is 0 Å². The van der Waals surface area contributed by atoms with Crippen molar-refractivity contribution in [3.63, 3.8) is 0 Å². The summed E-state index contributed by atoms with van der Waals surface area (Å²) in [5, 5.41) is 3.04. The highest BCUT2D eigenvalue weighted by Gasteiger charge is 2.25. The van der Waals surface area contributed by atoms with Gasteiger partial charge in [0.1, 0.15) is 0 Å². The fourth-order valence-corrected chi connectivity index (χ4v) is 4.62. The summed E-state index contributed by atoms with van der Waals surface area (Å²) in [5.74, 6) is 0.198. The van der Waals surface area contributed by atoms with Crippen LogP contribution in [-0.4, -0.2) is 102 Å². The Hall–Kier alpha value is -2.81. The molecule has 1 aromatic heterocycles. The topological polar surface area (TPSA) is 72.0 Å². The molecule has 34 heavy (non-hydrogen) atoms. The first-order valence-corrected chi connectivity index (χ1v) is 12.3. The number of hydrogen-bond donors (Lipinski definition) is 1. The lowest BCUT2D eigenvalue weighted by molar-refractivity contribution is -0.134. The van der Waals surface area contributed by atoms with E-state index in [1.807, 2.05) is 47.5 Å². The molecule has 0 atom stereocenters. The summed E-state index contributed by atoms with van der Waals surface area (Å²) in [6.07, 6.45) is 2.72. The maximum Gasteiger partial charge on any atom is 0.238 e. The number of hydrogen-bond acceptors (Lipinski definition) is 6. The molecule has 2 aliphatic heterocycles. The third kappa shape index (κ3) is 6.85. The van der Waals surface area contributed by atoms with Gasteiger partial charge in [-0.25, -0.2) is 0 Å². The molecule has 0 bridgehead atoms. The van der Waals surface area contributed by atoms with Crippen molar-refractivity contribution in [1.82, 2.24) is 24.6 Å². The molecule has 2 fully saturated rings. The van der Waals surface area contributed by atoms with Crippen LogP contribution in [0.4, 0.5) is 5.69 Å². The Kier molecular flexibility index (Phi) is 8.62. The zero-order chi connectivity index (χ0) is 23.8. The van der Waals surface area contributed by atoms with E-state index in [1.54, 1.807) is 0 Å².